The van der Waals surface area contributed by atoms with Crippen LogP contribution < -0.4 is 15.5 Å². The number of aliphatic imine (C=N–C) groups is 1. The number of anilines is 1. The van der Waals surface area contributed by atoms with E-state index in [0.29, 0.717) is 13.1 Å². The van der Waals surface area contributed by atoms with Gasteiger partial charge in [-0.2, -0.15) is 0 Å². The Labute approximate surface area is 143 Å². The van der Waals surface area contributed by atoms with Gasteiger partial charge in [-0.1, -0.05) is 24.3 Å². The summed E-state index contributed by atoms with van der Waals surface area (Å²) in [6.45, 7) is 3.91. The van der Waals surface area contributed by atoms with Crippen molar-refractivity contribution in [1.82, 2.24) is 10.6 Å². The van der Waals surface area contributed by atoms with Crippen LogP contribution in [0, 0.1) is 5.82 Å². The molecule has 5 heteroatoms. The second-order valence-electron chi connectivity index (χ2n) is 5.74. The number of hydrogen-bond acceptors (Lipinski definition) is 2. The van der Waals surface area contributed by atoms with E-state index in [0.717, 1.165) is 18.1 Å². The first-order valence-corrected chi connectivity index (χ1v) is 8.11. The minimum atomic E-state index is -0.235. The lowest BCUT2D eigenvalue weighted by Crippen LogP contribution is -2.36. The number of benzene rings is 2. The second-order valence-corrected chi connectivity index (χ2v) is 5.74. The Kier molecular flexibility index (Phi) is 6.61. The van der Waals surface area contributed by atoms with Crippen LogP contribution in [-0.4, -0.2) is 26.6 Å². The van der Waals surface area contributed by atoms with Crippen molar-refractivity contribution in [1.29, 1.82) is 0 Å². The summed E-state index contributed by atoms with van der Waals surface area (Å²) in [6, 6.07) is 14.9. The number of halogens is 1. The molecule has 128 valence electrons. The van der Waals surface area contributed by atoms with Gasteiger partial charge in [-0.3, -0.25) is 0 Å². The van der Waals surface area contributed by atoms with Crippen LogP contribution in [0.25, 0.3) is 0 Å². The van der Waals surface area contributed by atoms with Crippen LogP contribution in [0.15, 0.2) is 53.5 Å². The zero-order chi connectivity index (χ0) is 17.4. The molecule has 2 aromatic carbocycles. The van der Waals surface area contributed by atoms with E-state index in [1.165, 1.54) is 23.4 Å². The summed E-state index contributed by atoms with van der Waals surface area (Å²) >= 11 is 0. The summed E-state index contributed by atoms with van der Waals surface area (Å²) in [4.78, 5) is 6.58. The molecule has 0 heterocycles. The Morgan fingerprint density at radius 2 is 1.79 bits per heavy atom. The third kappa shape index (κ3) is 5.57. The van der Waals surface area contributed by atoms with Crippen molar-refractivity contribution in [3.05, 3.63) is 65.5 Å². The molecule has 0 aromatic heterocycles. The molecule has 0 aliphatic heterocycles. The van der Waals surface area contributed by atoms with Crippen molar-refractivity contribution in [2.45, 2.75) is 20.0 Å². The van der Waals surface area contributed by atoms with Gasteiger partial charge in [0.2, 0.25) is 0 Å². The standard InChI is InChI=1S/C19H25FN4/c1-4-21-19(23-14-16-6-5-7-17(20)12-16)22-13-15-8-10-18(11-9-15)24(2)3/h5-12H,4,13-14H2,1-3H3,(H2,21,22,23). The zero-order valence-electron chi connectivity index (χ0n) is 14.5. The Morgan fingerprint density at radius 1 is 1.04 bits per heavy atom. The van der Waals surface area contributed by atoms with Gasteiger partial charge in [0.05, 0.1) is 6.54 Å². The summed E-state index contributed by atoms with van der Waals surface area (Å²) in [5.41, 5.74) is 3.20. The maximum Gasteiger partial charge on any atom is 0.191 e. The highest BCUT2D eigenvalue weighted by Crippen LogP contribution is 2.12. The summed E-state index contributed by atoms with van der Waals surface area (Å²) in [5, 5.41) is 6.51. The van der Waals surface area contributed by atoms with Crippen molar-refractivity contribution in [2.24, 2.45) is 4.99 Å². The molecule has 0 saturated carbocycles. The predicted molar refractivity (Wildman–Crippen MR) is 98.8 cm³/mol. The normalized spacial score (nSPS) is 11.2. The summed E-state index contributed by atoms with van der Waals surface area (Å²) < 4.78 is 13.2. The maximum atomic E-state index is 13.2. The molecule has 2 aromatic rings. The Morgan fingerprint density at radius 3 is 2.42 bits per heavy atom. The quantitative estimate of drug-likeness (QED) is 0.632. The van der Waals surface area contributed by atoms with E-state index >= 15 is 0 Å². The van der Waals surface area contributed by atoms with Crippen LogP contribution in [0.2, 0.25) is 0 Å². The van der Waals surface area contributed by atoms with Crippen LogP contribution in [0.3, 0.4) is 0 Å². The Bertz CT molecular complexity index is 665. The monoisotopic (exact) mass is 328 g/mol. The van der Waals surface area contributed by atoms with Crippen LogP contribution >= 0.6 is 0 Å². The lowest BCUT2D eigenvalue weighted by Gasteiger charge is -2.14. The van der Waals surface area contributed by atoms with E-state index in [1.54, 1.807) is 6.07 Å². The molecule has 0 atom stereocenters. The summed E-state index contributed by atoms with van der Waals surface area (Å²) in [5.74, 6) is 0.486. The van der Waals surface area contributed by atoms with Crippen molar-refractivity contribution >= 4 is 11.6 Å². The molecule has 0 aliphatic carbocycles. The first kappa shape index (κ1) is 17.8. The molecule has 0 spiro atoms. The average Bonchev–Trinajstić information content (AvgIpc) is 2.58. The molecule has 24 heavy (non-hydrogen) atoms. The third-order valence-electron chi connectivity index (χ3n) is 3.57. The van der Waals surface area contributed by atoms with E-state index in [4.69, 9.17) is 0 Å². The van der Waals surface area contributed by atoms with Gasteiger partial charge in [-0.15, -0.1) is 0 Å². The number of hydrogen-bond donors (Lipinski definition) is 2. The topological polar surface area (TPSA) is 39.7 Å². The fourth-order valence-electron chi connectivity index (χ4n) is 2.25. The molecule has 0 radical (unpaired) electrons. The molecule has 0 amide bonds. The summed E-state index contributed by atoms with van der Waals surface area (Å²) in [6.07, 6.45) is 0. The molecule has 0 aliphatic rings. The average molecular weight is 328 g/mol. The van der Waals surface area contributed by atoms with Gasteiger partial charge in [0.1, 0.15) is 5.82 Å². The van der Waals surface area contributed by atoms with E-state index in [9.17, 15) is 4.39 Å². The molecule has 0 fully saturated rings. The fraction of sp³-hybridized carbons (Fsp3) is 0.316. The van der Waals surface area contributed by atoms with Crippen molar-refractivity contribution in [3.63, 3.8) is 0 Å². The molecule has 0 unspecified atom stereocenters. The van der Waals surface area contributed by atoms with Gasteiger partial charge in [-0.25, -0.2) is 9.38 Å². The van der Waals surface area contributed by atoms with E-state index in [2.05, 4.69) is 44.8 Å². The number of nitrogens with one attached hydrogen (secondary N) is 2. The largest absolute Gasteiger partial charge is 0.378 e. The molecule has 4 nitrogen and oxygen atoms in total. The highest BCUT2D eigenvalue weighted by molar-refractivity contribution is 5.79. The van der Waals surface area contributed by atoms with Gasteiger partial charge < -0.3 is 15.5 Å². The number of nitrogens with zero attached hydrogens (tertiary/aromatic N) is 2. The van der Waals surface area contributed by atoms with Crippen LogP contribution in [0.1, 0.15) is 18.1 Å². The van der Waals surface area contributed by atoms with Crippen molar-refractivity contribution < 1.29 is 4.39 Å². The number of rotatable bonds is 6. The minimum absolute atomic E-state index is 0.235. The van der Waals surface area contributed by atoms with Crippen molar-refractivity contribution in [3.8, 4) is 0 Å². The smallest absolute Gasteiger partial charge is 0.191 e. The predicted octanol–water partition coefficient (Wildman–Crippen LogP) is 3.15. The van der Waals surface area contributed by atoms with Gasteiger partial charge in [0.25, 0.3) is 0 Å². The van der Waals surface area contributed by atoms with Crippen molar-refractivity contribution in [2.75, 3.05) is 25.5 Å². The highest BCUT2D eigenvalue weighted by atomic mass is 19.1. The van der Waals surface area contributed by atoms with Crippen LogP contribution in [0.4, 0.5) is 10.1 Å². The minimum Gasteiger partial charge on any atom is -0.378 e. The van der Waals surface area contributed by atoms with Crippen LogP contribution in [0.5, 0.6) is 0 Å². The van der Waals surface area contributed by atoms with E-state index < -0.39 is 0 Å². The molecular weight excluding hydrogens is 303 g/mol. The molecule has 0 bridgehead atoms. The van der Waals surface area contributed by atoms with Crippen LogP contribution in [-0.2, 0) is 13.1 Å². The summed E-state index contributed by atoms with van der Waals surface area (Å²) in [7, 11) is 4.05. The fourth-order valence-corrected chi connectivity index (χ4v) is 2.25. The highest BCUT2D eigenvalue weighted by Gasteiger charge is 2.00. The lowest BCUT2D eigenvalue weighted by atomic mass is 10.2. The Balaban J connectivity index is 1.96. The molecular formula is C19H25FN4. The third-order valence-corrected chi connectivity index (χ3v) is 3.57. The van der Waals surface area contributed by atoms with E-state index in [-0.39, 0.29) is 5.82 Å². The van der Waals surface area contributed by atoms with Gasteiger partial charge in [0.15, 0.2) is 5.96 Å². The van der Waals surface area contributed by atoms with Gasteiger partial charge in [-0.05, 0) is 42.3 Å². The maximum absolute atomic E-state index is 13.2. The van der Waals surface area contributed by atoms with Gasteiger partial charge >= 0.3 is 0 Å². The zero-order valence-corrected chi connectivity index (χ0v) is 14.5. The molecule has 2 N–H and O–H groups in total. The second kappa shape index (κ2) is 8.91. The Hall–Kier alpha value is -2.56. The van der Waals surface area contributed by atoms with Gasteiger partial charge in [0, 0.05) is 32.9 Å². The first-order chi connectivity index (χ1) is 11.6. The lowest BCUT2D eigenvalue weighted by molar-refractivity contribution is 0.625. The first-order valence-electron chi connectivity index (χ1n) is 8.11. The molecule has 2 rings (SSSR count). The molecule has 0 saturated heterocycles. The number of guanidine groups is 1. The van der Waals surface area contributed by atoms with E-state index in [1.807, 2.05) is 27.1 Å². The SMILES string of the molecule is CCNC(=NCc1cccc(F)c1)NCc1ccc(N(C)C)cc1.